The molecule has 0 radical (unpaired) electrons. The van der Waals surface area contributed by atoms with E-state index in [-0.39, 0.29) is 29.4 Å². The van der Waals surface area contributed by atoms with Gasteiger partial charge in [-0.15, -0.1) is 0 Å². The Morgan fingerprint density at radius 2 is 1.98 bits per heavy atom. The molecule has 4 aromatic rings. The number of pyridine rings is 1. The zero-order valence-corrected chi connectivity index (χ0v) is 27.1. The van der Waals surface area contributed by atoms with Crippen molar-refractivity contribution in [2.45, 2.75) is 76.0 Å². The summed E-state index contributed by atoms with van der Waals surface area (Å²) in [7, 11) is 0. The zero-order chi connectivity index (χ0) is 31.2. The average Bonchev–Trinajstić information content (AvgIpc) is 3.79. The molecule has 4 aliphatic carbocycles. The minimum absolute atomic E-state index is 0.0520. The Bertz CT molecular complexity index is 2050. The number of amides is 1. The molecule has 3 unspecified atom stereocenters. The lowest BCUT2D eigenvalue weighted by atomic mass is 9.79. The highest BCUT2D eigenvalue weighted by Gasteiger charge is 2.67. The van der Waals surface area contributed by atoms with E-state index >= 15 is 4.39 Å². The van der Waals surface area contributed by atoms with Crippen molar-refractivity contribution in [3.8, 4) is 17.2 Å². The van der Waals surface area contributed by atoms with Gasteiger partial charge in [-0.2, -0.15) is 5.26 Å². The number of likely N-dealkylation sites (tertiary alicyclic amines) is 1. The lowest BCUT2D eigenvalue weighted by molar-refractivity contribution is -0.137. The van der Waals surface area contributed by atoms with Crippen LogP contribution < -0.4 is 5.32 Å². The Labute approximate surface area is 276 Å². The number of rotatable bonds is 6. The number of nitrogens with one attached hydrogen (secondary N) is 1. The van der Waals surface area contributed by atoms with Crippen LogP contribution in [0.25, 0.3) is 32.9 Å². The first kappa shape index (κ1) is 27.9. The van der Waals surface area contributed by atoms with Gasteiger partial charge in [-0.3, -0.25) is 4.79 Å². The predicted molar refractivity (Wildman–Crippen MR) is 176 cm³/mol. The molecular formula is C37H34Cl2FN5O. The molecular weight excluding hydrogens is 620 g/mol. The largest absolute Gasteiger partial charge is 0.337 e. The SMILES string of the molecule is Cc1nc2c(F)c(-c3cccc(Cl)c3Cl)c(CCC#N)cc2c2c1cc([C@H]1[C@H]3C[C@H]([C@@H]4C[C@@H]43)N1C(=O)C1CC1)n2C1C2CNC1C2. The summed E-state index contributed by atoms with van der Waals surface area (Å²) in [6.07, 6.45) is 6.10. The zero-order valence-electron chi connectivity index (χ0n) is 25.6. The first-order valence-corrected chi connectivity index (χ1v) is 17.6. The van der Waals surface area contributed by atoms with Gasteiger partial charge in [0.15, 0.2) is 5.82 Å². The summed E-state index contributed by atoms with van der Waals surface area (Å²) in [4.78, 5) is 21.2. The highest BCUT2D eigenvalue weighted by atomic mass is 35.5. The van der Waals surface area contributed by atoms with Crippen LogP contribution in [0.5, 0.6) is 0 Å². The van der Waals surface area contributed by atoms with Crippen molar-refractivity contribution in [3.05, 3.63) is 63.1 Å². The van der Waals surface area contributed by atoms with E-state index < -0.39 is 5.82 Å². The molecule has 46 heavy (non-hydrogen) atoms. The number of hydrogen-bond acceptors (Lipinski definition) is 4. The molecule has 9 heteroatoms. The van der Waals surface area contributed by atoms with Gasteiger partial charge in [0.2, 0.25) is 5.91 Å². The number of fused-ring (bicyclic) bond motifs is 9. The third-order valence-corrected chi connectivity index (χ3v) is 13.2. The van der Waals surface area contributed by atoms with E-state index in [9.17, 15) is 10.1 Å². The molecule has 234 valence electrons. The van der Waals surface area contributed by atoms with Gasteiger partial charge in [-0.25, -0.2) is 9.37 Å². The summed E-state index contributed by atoms with van der Waals surface area (Å²) in [6.45, 7) is 2.95. The van der Waals surface area contributed by atoms with E-state index in [2.05, 4.69) is 33.0 Å². The highest BCUT2D eigenvalue weighted by Crippen LogP contribution is 2.68. The van der Waals surface area contributed by atoms with Gasteiger partial charge in [0.1, 0.15) is 5.52 Å². The van der Waals surface area contributed by atoms with E-state index in [1.165, 1.54) is 12.1 Å². The Hall–Kier alpha value is -3.18. The number of hydrogen-bond donors (Lipinski definition) is 1. The maximum atomic E-state index is 17.1. The van der Waals surface area contributed by atoms with Crippen molar-refractivity contribution < 1.29 is 9.18 Å². The molecule has 4 saturated carbocycles. The summed E-state index contributed by atoms with van der Waals surface area (Å²) < 4.78 is 19.6. The molecule has 4 bridgehead atoms. The van der Waals surface area contributed by atoms with Gasteiger partial charge in [0, 0.05) is 64.3 Å². The molecule has 1 amide bonds. The van der Waals surface area contributed by atoms with E-state index in [1.54, 1.807) is 18.2 Å². The number of halogens is 3. The number of benzene rings is 2. The highest BCUT2D eigenvalue weighted by molar-refractivity contribution is 6.43. The molecule has 11 rings (SSSR count). The van der Waals surface area contributed by atoms with Crippen LogP contribution in [0.15, 0.2) is 30.3 Å². The minimum Gasteiger partial charge on any atom is -0.337 e. The van der Waals surface area contributed by atoms with E-state index in [1.807, 2.05) is 6.92 Å². The van der Waals surface area contributed by atoms with Gasteiger partial charge in [-0.05, 0) is 92.9 Å². The molecule has 1 N–H and O–H groups in total. The topological polar surface area (TPSA) is 74.0 Å². The van der Waals surface area contributed by atoms with Crippen LogP contribution in [-0.2, 0) is 11.2 Å². The van der Waals surface area contributed by atoms with Gasteiger partial charge in [-0.1, -0.05) is 35.3 Å². The van der Waals surface area contributed by atoms with E-state index in [0.717, 1.165) is 59.8 Å². The third-order valence-electron chi connectivity index (χ3n) is 12.4. The van der Waals surface area contributed by atoms with Crippen molar-refractivity contribution in [1.29, 1.82) is 5.26 Å². The maximum Gasteiger partial charge on any atom is 0.226 e. The van der Waals surface area contributed by atoms with Gasteiger partial charge < -0.3 is 14.8 Å². The molecule has 8 atom stereocenters. The van der Waals surface area contributed by atoms with Crippen LogP contribution in [0.1, 0.15) is 67.6 Å². The molecule has 3 aliphatic heterocycles. The van der Waals surface area contributed by atoms with Crippen LogP contribution in [0.3, 0.4) is 0 Å². The van der Waals surface area contributed by atoms with Crippen LogP contribution in [-0.4, -0.2) is 39.0 Å². The van der Waals surface area contributed by atoms with Crippen molar-refractivity contribution in [2.24, 2.45) is 29.6 Å². The summed E-state index contributed by atoms with van der Waals surface area (Å²) >= 11 is 13.1. The van der Waals surface area contributed by atoms with Gasteiger partial charge in [0.05, 0.1) is 33.7 Å². The third kappa shape index (κ3) is 3.67. The Morgan fingerprint density at radius 3 is 2.72 bits per heavy atom. The van der Waals surface area contributed by atoms with Crippen LogP contribution in [0.4, 0.5) is 4.39 Å². The van der Waals surface area contributed by atoms with Crippen LogP contribution in [0.2, 0.25) is 10.0 Å². The molecule has 5 heterocycles. The van der Waals surface area contributed by atoms with Crippen molar-refractivity contribution in [1.82, 2.24) is 19.8 Å². The quantitative estimate of drug-likeness (QED) is 0.229. The lowest BCUT2D eigenvalue weighted by Crippen LogP contribution is -2.45. The molecule has 7 aliphatic rings. The number of carbonyl (C=O) groups excluding carboxylic acids is 1. The maximum absolute atomic E-state index is 17.1. The standard InChI is InChI=1S/C37H34Cl2FN5O/c1-16-21-13-29(36-24-14-28(23-12-22(23)24)45(36)37(46)17-7-8-17)44(34-19-11-27(34)42-15-19)35(21)25-10-18(4-3-9-41)30(32(40)33(25)43-16)20-5-2-6-26(38)31(20)39/h2,5-6,10,13,17,19,22-24,27-28,34,36,42H,3-4,7-8,11-12,14-15H2,1H3/t19?,22-,23+,24-,27?,28+,34?,36+/m0/s1. The first-order chi connectivity index (χ1) is 22.4. The van der Waals surface area contributed by atoms with Crippen LogP contribution in [0, 0.1) is 53.7 Å². The second kappa shape index (κ2) is 9.69. The van der Waals surface area contributed by atoms with Crippen molar-refractivity contribution in [2.75, 3.05) is 6.54 Å². The molecule has 7 fully saturated rings. The molecule has 3 saturated heterocycles. The smallest absolute Gasteiger partial charge is 0.226 e. The Balaban J connectivity index is 1.25. The van der Waals surface area contributed by atoms with Crippen molar-refractivity contribution in [3.63, 3.8) is 0 Å². The number of nitriles is 1. The first-order valence-electron chi connectivity index (χ1n) is 16.9. The minimum atomic E-state index is -0.435. The molecule has 2 aromatic heterocycles. The number of nitrogens with zero attached hydrogens (tertiary/aromatic N) is 4. The van der Waals surface area contributed by atoms with Crippen LogP contribution >= 0.6 is 23.2 Å². The number of piperidine rings is 1. The lowest BCUT2D eigenvalue weighted by Gasteiger charge is -2.41. The predicted octanol–water partition coefficient (Wildman–Crippen LogP) is 7.92. The second-order valence-electron chi connectivity index (χ2n) is 14.8. The van der Waals surface area contributed by atoms with Gasteiger partial charge >= 0.3 is 0 Å². The fourth-order valence-corrected chi connectivity index (χ4v) is 10.6. The monoisotopic (exact) mass is 653 g/mol. The Morgan fingerprint density at radius 1 is 1.13 bits per heavy atom. The summed E-state index contributed by atoms with van der Waals surface area (Å²) in [6, 6.07) is 12.9. The molecule has 0 spiro atoms. The number of carbonyl (C=O) groups is 1. The summed E-state index contributed by atoms with van der Waals surface area (Å²) in [5.41, 5.74) is 4.90. The normalized spacial score (nSPS) is 31.8. The van der Waals surface area contributed by atoms with E-state index in [4.69, 9.17) is 28.2 Å². The number of aromatic nitrogens is 2. The van der Waals surface area contributed by atoms with Gasteiger partial charge in [0.25, 0.3) is 0 Å². The molecule has 6 nitrogen and oxygen atoms in total. The van der Waals surface area contributed by atoms with E-state index in [0.29, 0.717) is 69.7 Å². The Kier molecular flexibility index (Phi) is 5.87. The second-order valence-corrected chi connectivity index (χ2v) is 15.6. The fourth-order valence-electron chi connectivity index (χ4n) is 10.2. The van der Waals surface area contributed by atoms with Crippen molar-refractivity contribution >= 4 is 50.9 Å². The summed E-state index contributed by atoms with van der Waals surface area (Å²) in [5.74, 6) is 2.44. The average molecular weight is 655 g/mol. The number of aryl methyl sites for hydroxylation is 2. The molecule has 2 aromatic carbocycles. The summed E-state index contributed by atoms with van der Waals surface area (Å²) in [5, 5.41) is 15.7. The fraction of sp³-hybridized carbons (Fsp3) is 0.486.